The second-order valence-corrected chi connectivity index (χ2v) is 5.66. The number of nitrogens with zero attached hydrogens (tertiary/aromatic N) is 1. The van der Waals surface area contributed by atoms with Crippen LogP contribution in [0.4, 0.5) is 0 Å². The number of morpholine rings is 1. The number of ether oxygens (including phenoxy) is 1. The van der Waals surface area contributed by atoms with E-state index in [1.807, 2.05) is 6.92 Å². The summed E-state index contributed by atoms with van der Waals surface area (Å²) < 4.78 is 5.48. The highest BCUT2D eigenvalue weighted by atomic mass is 35.5. The van der Waals surface area contributed by atoms with E-state index in [1.165, 1.54) is 6.07 Å². The molecule has 2 N–H and O–H groups in total. The molecule has 0 aromatic heterocycles. The molecule has 1 fully saturated rings. The molecule has 2 rings (SSSR count). The van der Waals surface area contributed by atoms with Gasteiger partial charge in [0.1, 0.15) is 5.75 Å². The van der Waals surface area contributed by atoms with Crippen molar-refractivity contribution in [1.82, 2.24) is 4.90 Å². The summed E-state index contributed by atoms with van der Waals surface area (Å²) in [5.41, 5.74) is 0.683. The zero-order chi connectivity index (χ0) is 14.0. The highest BCUT2D eigenvalue weighted by Crippen LogP contribution is 2.32. The number of phenols is 1. The molecule has 1 aromatic rings. The van der Waals surface area contributed by atoms with Crippen molar-refractivity contribution in [3.05, 3.63) is 27.7 Å². The Morgan fingerprint density at radius 3 is 2.84 bits per heavy atom. The lowest BCUT2D eigenvalue weighted by molar-refractivity contribution is -0.0806. The third-order valence-electron chi connectivity index (χ3n) is 3.32. The van der Waals surface area contributed by atoms with E-state index in [1.54, 1.807) is 6.07 Å². The van der Waals surface area contributed by atoms with Crippen molar-refractivity contribution in [2.75, 3.05) is 19.8 Å². The Bertz CT molecular complexity index is 456. The second kappa shape index (κ2) is 6.29. The molecule has 1 aromatic carbocycles. The van der Waals surface area contributed by atoms with Crippen LogP contribution in [0.2, 0.25) is 10.0 Å². The van der Waals surface area contributed by atoms with E-state index in [0.717, 1.165) is 0 Å². The molecule has 0 amide bonds. The topological polar surface area (TPSA) is 52.9 Å². The lowest BCUT2D eigenvalue weighted by atomic mass is 10.1. The molecule has 0 radical (unpaired) electrons. The van der Waals surface area contributed by atoms with E-state index in [4.69, 9.17) is 33.0 Å². The minimum Gasteiger partial charge on any atom is -0.506 e. The Labute approximate surface area is 122 Å². The van der Waals surface area contributed by atoms with Crippen molar-refractivity contribution in [3.8, 4) is 5.75 Å². The van der Waals surface area contributed by atoms with Gasteiger partial charge in [-0.05, 0) is 19.1 Å². The largest absolute Gasteiger partial charge is 0.506 e. The van der Waals surface area contributed by atoms with Gasteiger partial charge in [0.05, 0.1) is 24.3 Å². The third-order valence-corrected chi connectivity index (χ3v) is 3.83. The number of halogens is 2. The van der Waals surface area contributed by atoms with Gasteiger partial charge in [-0.15, -0.1) is 0 Å². The molecule has 1 aliphatic rings. The maximum Gasteiger partial charge on any atom is 0.138 e. The summed E-state index contributed by atoms with van der Waals surface area (Å²) in [6.07, 6.45) is -0.187. The Morgan fingerprint density at radius 1 is 1.42 bits per heavy atom. The molecule has 2 unspecified atom stereocenters. The van der Waals surface area contributed by atoms with Crippen molar-refractivity contribution in [2.45, 2.75) is 25.6 Å². The molecule has 0 spiro atoms. The first-order chi connectivity index (χ1) is 9.01. The zero-order valence-electron chi connectivity index (χ0n) is 10.6. The lowest BCUT2D eigenvalue weighted by Crippen LogP contribution is -2.48. The van der Waals surface area contributed by atoms with Crippen LogP contribution in [-0.2, 0) is 11.3 Å². The first kappa shape index (κ1) is 14.9. The number of aliphatic hydroxyl groups excluding tert-OH is 1. The maximum absolute atomic E-state index is 9.96. The minimum absolute atomic E-state index is 0.00843. The van der Waals surface area contributed by atoms with Gasteiger partial charge in [-0.1, -0.05) is 23.2 Å². The monoisotopic (exact) mass is 305 g/mol. The van der Waals surface area contributed by atoms with Crippen LogP contribution in [-0.4, -0.2) is 47.0 Å². The summed E-state index contributed by atoms with van der Waals surface area (Å²) in [6.45, 7) is 3.72. The quantitative estimate of drug-likeness (QED) is 0.899. The van der Waals surface area contributed by atoms with Crippen LogP contribution in [0.3, 0.4) is 0 Å². The summed E-state index contributed by atoms with van der Waals surface area (Å²) in [4.78, 5) is 2.13. The Kier molecular flexibility index (Phi) is 4.92. The summed E-state index contributed by atoms with van der Waals surface area (Å²) in [5.74, 6) is 0.0605. The molecule has 19 heavy (non-hydrogen) atoms. The maximum atomic E-state index is 9.96. The summed E-state index contributed by atoms with van der Waals surface area (Å²) in [5, 5.41) is 19.9. The predicted octanol–water partition coefficient (Wildman–Crippen LogP) is 2.28. The molecule has 1 aliphatic heterocycles. The highest BCUT2D eigenvalue weighted by Gasteiger charge is 2.26. The van der Waals surface area contributed by atoms with Crippen molar-refractivity contribution < 1.29 is 14.9 Å². The standard InChI is InChI=1S/C13H17Cl2NO3/c1-8-7-19-11(6-17)5-16(8)4-9-2-10(14)3-12(15)13(9)18/h2-3,8,11,17-18H,4-7H2,1H3. The molecule has 106 valence electrons. The van der Waals surface area contributed by atoms with Gasteiger partial charge < -0.3 is 14.9 Å². The van der Waals surface area contributed by atoms with Gasteiger partial charge in [-0.25, -0.2) is 0 Å². The Balaban J connectivity index is 2.15. The number of rotatable bonds is 3. The fourth-order valence-electron chi connectivity index (χ4n) is 2.16. The molecule has 0 bridgehead atoms. The molecule has 6 heteroatoms. The van der Waals surface area contributed by atoms with Crippen LogP contribution in [0.5, 0.6) is 5.75 Å². The smallest absolute Gasteiger partial charge is 0.138 e. The van der Waals surface area contributed by atoms with E-state index in [2.05, 4.69) is 4.90 Å². The summed E-state index contributed by atoms with van der Waals surface area (Å²) in [7, 11) is 0. The summed E-state index contributed by atoms with van der Waals surface area (Å²) >= 11 is 11.9. The molecule has 1 saturated heterocycles. The van der Waals surface area contributed by atoms with Gasteiger partial charge >= 0.3 is 0 Å². The first-order valence-corrected chi connectivity index (χ1v) is 6.90. The SMILES string of the molecule is CC1COC(CO)CN1Cc1cc(Cl)cc(Cl)c1O. The molecular formula is C13H17Cl2NO3. The zero-order valence-corrected chi connectivity index (χ0v) is 12.2. The van der Waals surface area contributed by atoms with E-state index >= 15 is 0 Å². The van der Waals surface area contributed by atoms with Crippen molar-refractivity contribution in [1.29, 1.82) is 0 Å². The van der Waals surface area contributed by atoms with Crippen LogP contribution in [0.1, 0.15) is 12.5 Å². The van der Waals surface area contributed by atoms with Crippen LogP contribution >= 0.6 is 23.2 Å². The van der Waals surface area contributed by atoms with E-state index in [0.29, 0.717) is 30.3 Å². The van der Waals surface area contributed by atoms with E-state index in [9.17, 15) is 5.11 Å². The van der Waals surface area contributed by atoms with Gasteiger partial charge in [-0.3, -0.25) is 4.90 Å². The van der Waals surface area contributed by atoms with Gasteiger partial charge in [-0.2, -0.15) is 0 Å². The number of benzene rings is 1. The average Bonchev–Trinajstić information content (AvgIpc) is 2.38. The normalized spacial score (nSPS) is 24.6. The fraction of sp³-hybridized carbons (Fsp3) is 0.538. The lowest BCUT2D eigenvalue weighted by Gasteiger charge is -2.37. The van der Waals surface area contributed by atoms with Crippen LogP contribution in [0, 0.1) is 0 Å². The molecule has 0 aliphatic carbocycles. The molecule has 1 heterocycles. The van der Waals surface area contributed by atoms with Crippen molar-refractivity contribution >= 4 is 23.2 Å². The minimum atomic E-state index is -0.187. The number of phenolic OH excluding ortho intramolecular Hbond substituents is 1. The predicted molar refractivity (Wildman–Crippen MR) is 74.8 cm³/mol. The van der Waals surface area contributed by atoms with Gasteiger partial charge in [0.2, 0.25) is 0 Å². The highest BCUT2D eigenvalue weighted by molar-refractivity contribution is 6.35. The third kappa shape index (κ3) is 3.52. The Hall–Kier alpha value is -0.520. The van der Waals surface area contributed by atoms with E-state index < -0.39 is 0 Å². The van der Waals surface area contributed by atoms with Crippen LogP contribution in [0.15, 0.2) is 12.1 Å². The molecular weight excluding hydrogens is 289 g/mol. The van der Waals surface area contributed by atoms with Crippen LogP contribution < -0.4 is 0 Å². The molecule has 0 saturated carbocycles. The molecule has 2 atom stereocenters. The number of aliphatic hydroxyl groups is 1. The van der Waals surface area contributed by atoms with Gasteiger partial charge in [0, 0.05) is 29.7 Å². The average molecular weight is 306 g/mol. The van der Waals surface area contributed by atoms with Gasteiger partial charge in [0.15, 0.2) is 0 Å². The number of hydrogen-bond donors (Lipinski definition) is 2. The fourth-order valence-corrected chi connectivity index (χ4v) is 2.70. The summed E-state index contributed by atoms with van der Waals surface area (Å²) in [6, 6.07) is 3.43. The van der Waals surface area contributed by atoms with Crippen LogP contribution in [0.25, 0.3) is 0 Å². The van der Waals surface area contributed by atoms with Gasteiger partial charge in [0.25, 0.3) is 0 Å². The molecule has 4 nitrogen and oxygen atoms in total. The number of aromatic hydroxyl groups is 1. The van der Waals surface area contributed by atoms with Crippen molar-refractivity contribution in [2.24, 2.45) is 0 Å². The van der Waals surface area contributed by atoms with E-state index in [-0.39, 0.29) is 29.5 Å². The number of hydrogen-bond acceptors (Lipinski definition) is 4. The second-order valence-electron chi connectivity index (χ2n) is 4.81. The van der Waals surface area contributed by atoms with Crippen molar-refractivity contribution in [3.63, 3.8) is 0 Å². The Morgan fingerprint density at radius 2 is 2.16 bits per heavy atom. The first-order valence-electron chi connectivity index (χ1n) is 6.14.